The molecule has 2 unspecified atom stereocenters. The van der Waals surface area contributed by atoms with Crippen LogP contribution in [0.1, 0.15) is 19.8 Å². The minimum atomic E-state index is 0. The molecule has 0 radical (unpaired) electrons. The van der Waals surface area contributed by atoms with E-state index in [2.05, 4.69) is 36.1 Å². The molecule has 0 spiro atoms. The van der Waals surface area contributed by atoms with Crippen LogP contribution in [-0.4, -0.2) is 63.2 Å². The topological polar surface area (TPSA) is 18.5 Å². The van der Waals surface area contributed by atoms with Gasteiger partial charge in [0.25, 0.3) is 0 Å². The van der Waals surface area contributed by atoms with Gasteiger partial charge in [-0.1, -0.05) is 6.92 Å². The summed E-state index contributed by atoms with van der Waals surface area (Å²) >= 11 is 0. The Kier molecular flexibility index (Phi) is 5.71. The Balaban J connectivity index is 0.00000144. The van der Waals surface area contributed by atoms with Crippen LogP contribution in [0.15, 0.2) is 0 Å². The summed E-state index contributed by atoms with van der Waals surface area (Å²) in [7, 11) is 4.53. The highest BCUT2D eigenvalue weighted by Gasteiger charge is 2.30. The third-order valence-corrected chi connectivity index (χ3v) is 4.17. The Morgan fingerprint density at radius 3 is 2.76 bits per heavy atom. The third kappa shape index (κ3) is 4.40. The molecule has 0 aromatic rings. The highest BCUT2D eigenvalue weighted by molar-refractivity contribution is 5.85. The maximum absolute atomic E-state index is 3.48. The van der Waals surface area contributed by atoms with E-state index in [0.717, 1.165) is 5.92 Å². The van der Waals surface area contributed by atoms with Crippen molar-refractivity contribution in [2.24, 2.45) is 11.3 Å². The van der Waals surface area contributed by atoms with Gasteiger partial charge in [0.05, 0.1) is 0 Å². The summed E-state index contributed by atoms with van der Waals surface area (Å²) in [5.74, 6) is 0.896. The molecule has 0 aromatic carbocycles. The van der Waals surface area contributed by atoms with Crippen molar-refractivity contribution >= 4 is 12.4 Å². The van der Waals surface area contributed by atoms with E-state index in [9.17, 15) is 0 Å². The zero-order valence-electron chi connectivity index (χ0n) is 11.5. The fourth-order valence-electron chi connectivity index (χ4n) is 3.34. The van der Waals surface area contributed by atoms with Gasteiger partial charge in [0.15, 0.2) is 0 Å². The van der Waals surface area contributed by atoms with E-state index >= 15 is 0 Å². The molecular formula is C13H28ClN3. The van der Waals surface area contributed by atoms with E-state index in [0.29, 0.717) is 5.41 Å². The molecule has 0 bridgehead atoms. The first-order valence-corrected chi connectivity index (χ1v) is 6.65. The monoisotopic (exact) mass is 261 g/mol. The van der Waals surface area contributed by atoms with Crippen molar-refractivity contribution in [3.05, 3.63) is 0 Å². The fourth-order valence-corrected chi connectivity index (χ4v) is 3.34. The number of likely N-dealkylation sites (tertiary alicyclic amines) is 1. The standard InChI is InChI=1S/C13H27N3.ClH/c1-13(5-6-14-10-13)11-16(3)9-12-4-7-15(2)8-12;/h12,14H,4-11H2,1-3H3;1H. The molecule has 2 saturated heterocycles. The molecule has 0 aliphatic carbocycles. The molecule has 1 N–H and O–H groups in total. The fraction of sp³-hybridized carbons (Fsp3) is 1.00. The first-order valence-electron chi connectivity index (χ1n) is 6.65. The van der Waals surface area contributed by atoms with Crippen molar-refractivity contribution < 1.29 is 0 Å². The predicted molar refractivity (Wildman–Crippen MR) is 75.9 cm³/mol. The summed E-state index contributed by atoms with van der Waals surface area (Å²) in [5, 5.41) is 3.48. The number of halogens is 1. The molecule has 2 aliphatic rings. The molecule has 4 heteroatoms. The molecule has 0 amide bonds. The minimum absolute atomic E-state index is 0. The van der Waals surface area contributed by atoms with Gasteiger partial charge < -0.3 is 15.1 Å². The van der Waals surface area contributed by atoms with Gasteiger partial charge in [0.2, 0.25) is 0 Å². The Labute approximate surface area is 112 Å². The summed E-state index contributed by atoms with van der Waals surface area (Å²) in [6.07, 6.45) is 2.72. The first kappa shape index (κ1) is 15.2. The quantitative estimate of drug-likeness (QED) is 0.823. The largest absolute Gasteiger partial charge is 0.316 e. The van der Waals surface area contributed by atoms with Crippen LogP contribution in [0.25, 0.3) is 0 Å². The average Bonchev–Trinajstić information content (AvgIpc) is 2.75. The van der Waals surface area contributed by atoms with E-state index in [4.69, 9.17) is 0 Å². The van der Waals surface area contributed by atoms with Gasteiger partial charge in [-0.3, -0.25) is 0 Å². The molecule has 2 fully saturated rings. The van der Waals surface area contributed by atoms with E-state index in [1.807, 2.05) is 0 Å². The zero-order valence-corrected chi connectivity index (χ0v) is 12.4. The van der Waals surface area contributed by atoms with Gasteiger partial charge in [0, 0.05) is 26.2 Å². The van der Waals surface area contributed by atoms with Crippen molar-refractivity contribution in [2.45, 2.75) is 19.8 Å². The lowest BCUT2D eigenvalue weighted by Gasteiger charge is -2.30. The lowest BCUT2D eigenvalue weighted by molar-refractivity contribution is 0.186. The van der Waals surface area contributed by atoms with Gasteiger partial charge >= 0.3 is 0 Å². The van der Waals surface area contributed by atoms with Crippen LogP contribution in [0.4, 0.5) is 0 Å². The number of nitrogens with zero attached hydrogens (tertiary/aromatic N) is 2. The van der Waals surface area contributed by atoms with Gasteiger partial charge in [0.1, 0.15) is 0 Å². The highest BCUT2D eigenvalue weighted by atomic mass is 35.5. The van der Waals surface area contributed by atoms with E-state index in [-0.39, 0.29) is 12.4 Å². The molecule has 0 aromatic heterocycles. The minimum Gasteiger partial charge on any atom is -0.316 e. The second-order valence-electron chi connectivity index (χ2n) is 6.35. The Bertz CT molecular complexity index is 229. The second kappa shape index (κ2) is 6.37. The number of hydrogen-bond acceptors (Lipinski definition) is 3. The van der Waals surface area contributed by atoms with Gasteiger partial charge in [-0.25, -0.2) is 0 Å². The molecule has 17 heavy (non-hydrogen) atoms. The lowest BCUT2D eigenvalue weighted by atomic mass is 9.89. The van der Waals surface area contributed by atoms with Crippen molar-refractivity contribution in [3.8, 4) is 0 Å². The van der Waals surface area contributed by atoms with E-state index in [1.165, 1.54) is 52.1 Å². The summed E-state index contributed by atoms with van der Waals surface area (Å²) < 4.78 is 0. The summed E-state index contributed by atoms with van der Waals surface area (Å²) in [6, 6.07) is 0. The van der Waals surface area contributed by atoms with E-state index < -0.39 is 0 Å². The van der Waals surface area contributed by atoms with Crippen molar-refractivity contribution in [1.82, 2.24) is 15.1 Å². The van der Waals surface area contributed by atoms with Crippen LogP contribution in [0.2, 0.25) is 0 Å². The molecule has 2 heterocycles. The highest BCUT2D eigenvalue weighted by Crippen LogP contribution is 2.26. The third-order valence-electron chi connectivity index (χ3n) is 4.17. The van der Waals surface area contributed by atoms with Crippen LogP contribution in [-0.2, 0) is 0 Å². The Morgan fingerprint density at radius 1 is 1.47 bits per heavy atom. The smallest absolute Gasteiger partial charge is 0.00450 e. The molecule has 2 atom stereocenters. The zero-order chi connectivity index (χ0) is 11.6. The summed E-state index contributed by atoms with van der Waals surface area (Å²) in [4.78, 5) is 5.01. The number of hydrogen-bond donors (Lipinski definition) is 1. The van der Waals surface area contributed by atoms with Crippen LogP contribution in [0.5, 0.6) is 0 Å². The van der Waals surface area contributed by atoms with Crippen molar-refractivity contribution in [2.75, 3.05) is 53.4 Å². The number of nitrogens with one attached hydrogen (secondary N) is 1. The molecule has 102 valence electrons. The van der Waals surface area contributed by atoms with Crippen LogP contribution in [0.3, 0.4) is 0 Å². The van der Waals surface area contributed by atoms with Crippen molar-refractivity contribution in [1.29, 1.82) is 0 Å². The number of rotatable bonds is 4. The van der Waals surface area contributed by atoms with Gasteiger partial charge in [-0.15, -0.1) is 12.4 Å². The second-order valence-corrected chi connectivity index (χ2v) is 6.35. The Morgan fingerprint density at radius 2 is 2.24 bits per heavy atom. The maximum Gasteiger partial charge on any atom is 0.00450 e. The van der Waals surface area contributed by atoms with E-state index in [1.54, 1.807) is 0 Å². The van der Waals surface area contributed by atoms with Gasteiger partial charge in [-0.05, 0) is 51.4 Å². The first-order chi connectivity index (χ1) is 7.57. The SMILES string of the molecule is CN1CCC(CN(C)CC2(C)CCNC2)C1.Cl. The normalized spacial score (nSPS) is 34.2. The van der Waals surface area contributed by atoms with Crippen molar-refractivity contribution in [3.63, 3.8) is 0 Å². The summed E-state index contributed by atoms with van der Waals surface area (Å²) in [5.41, 5.74) is 0.513. The molecule has 0 saturated carbocycles. The maximum atomic E-state index is 3.48. The average molecular weight is 262 g/mol. The predicted octanol–water partition coefficient (Wildman–Crippen LogP) is 1.29. The van der Waals surface area contributed by atoms with Gasteiger partial charge in [-0.2, -0.15) is 0 Å². The molecule has 2 rings (SSSR count). The lowest BCUT2D eigenvalue weighted by Crippen LogP contribution is -2.38. The Hall–Kier alpha value is 0.170. The molecular weight excluding hydrogens is 234 g/mol. The molecule has 3 nitrogen and oxygen atoms in total. The van der Waals surface area contributed by atoms with Crippen LogP contribution < -0.4 is 5.32 Å². The molecule has 2 aliphatic heterocycles. The summed E-state index contributed by atoms with van der Waals surface area (Å²) in [6.45, 7) is 9.93. The van der Waals surface area contributed by atoms with Crippen LogP contribution in [0, 0.1) is 11.3 Å². The van der Waals surface area contributed by atoms with Crippen LogP contribution >= 0.6 is 12.4 Å².